The van der Waals surface area contributed by atoms with E-state index in [1.807, 2.05) is 6.07 Å². The van der Waals surface area contributed by atoms with Gasteiger partial charge >= 0.3 is 0 Å². The molecule has 0 amide bonds. The first-order valence-electron chi connectivity index (χ1n) is 6.09. The van der Waals surface area contributed by atoms with Crippen LogP contribution in [0.2, 0.25) is 0 Å². The number of benzene rings is 1. The zero-order chi connectivity index (χ0) is 12.0. The van der Waals surface area contributed by atoms with Gasteiger partial charge in [0.15, 0.2) is 0 Å². The molecule has 0 heterocycles. The summed E-state index contributed by atoms with van der Waals surface area (Å²) in [5.41, 5.74) is 8.53. The fraction of sp³-hybridized carbons (Fsp3) is 0.571. The van der Waals surface area contributed by atoms with Gasteiger partial charge in [0.25, 0.3) is 0 Å². The first-order valence-corrected chi connectivity index (χ1v) is 6.09. The molecule has 0 saturated heterocycles. The van der Waals surface area contributed by atoms with Crippen LogP contribution in [0.1, 0.15) is 49.8 Å². The fourth-order valence-electron chi connectivity index (χ4n) is 1.91. The van der Waals surface area contributed by atoms with Crippen molar-refractivity contribution in [3.8, 4) is 5.75 Å². The molecule has 1 rings (SSSR count). The average Bonchev–Trinajstić information content (AvgIpc) is 2.29. The van der Waals surface area contributed by atoms with Gasteiger partial charge in [-0.3, -0.25) is 0 Å². The fourth-order valence-corrected chi connectivity index (χ4v) is 1.91. The molecule has 0 aliphatic heterocycles. The number of ether oxygens (including phenoxy) is 1. The van der Waals surface area contributed by atoms with Crippen LogP contribution in [-0.2, 0) is 0 Å². The van der Waals surface area contributed by atoms with Gasteiger partial charge in [-0.15, -0.1) is 12.4 Å². The molecule has 2 nitrogen and oxygen atoms in total. The minimum absolute atomic E-state index is 0. The standard InChI is InChI=1S/C14H23NO.ClH/c1-4-5-6-7-13(15)12-8-9-14(16-3)11(2)10-12;/h8-10,13H,4-7,15H2,1-3H3;1H/t13-;/m0./s1. The summed E-state index contributed by atoms with van der Waals surface area (Å²) in [6.45, 7) is 4.27. The Morgan fingerprint density at radius 3 is 2.53 bits per heavy atom. The van der Waals surface area contributed by atoms with Gasteiger partial charge in [-0.05, 0) is 30.5 Å². The molecule has 0 radical (unpaired) electrons. The van der Waals surface area contributed by atoms with E-state index in [1.165, 1.54) is 24.8 Å². The van der Waals surface area contributed by atoms with Crippen LogP contribution in [-0.4, -0.2) is 7.11 Å². The first kappa shape index (κ1) is 16.3. The van der Waals surface area contributed by atoms with Crippen LogP contribution in [0, 0.1) is 6.92 Å². The van der Waals surface area contributed by atoms with Crippen molar-refractivity contribution in [2.75, 3.05) is 7.11 Å². The van der Waals surface area contributed by atoms with Crippen LogP contribution >= 0.6 is 12.4 Å². The number of hydrogen-bond acceptors (Lipinski definition) is 2. The van der Waals surface area contributed by atoms with Crippen LogP contribution in [0.15, 0.2) is 18.2 Å². The van der Waals surface area contributed by atoms with Crippen LogP contribution < -0.4 is 10.5 Å². The Labute approximate surface area is 111 Å². The normalized spacial score (nSPS) is 11.8. The molecule has 17 heavy (non-hydrogen) atoms. The molecular formula is C14H24ClNO. The van der Waals surface area contributed by atoms with E-state index in [9.17, 15) is 0 Å². The second-order valence-corrected chi connectivity index (χ2v) is 4.33. The lowest BCUT2D eigenvalue weighted by atomic mass is 9.99. The van der Waals surface area contributed by atoms with E-state index < -0.39 is 0 Å². The van der Waals surface area contributed by atoms with Crippen molar-refractivity contribution in [1.82, 2.24) is 0 Å². The Morgan fingerprint density at radius 1 is 1.29 bits per heavy atom. The molecule has 0 saturated carbocycles. The van der Waals surface area contributed by atoms with Crippen molar-refractivity contribution in [2.24, 2.45) is 5.73 Å². The topological polar surface area (TPSA) is 35.2 Å². The van der Waals surface area contributed by atoms with E-state index in [1.54, 1.807) is 7.11 Å². The Kier molecular flexibility index (Phi) is 8.01. The van der Waals surface area contributed by atoms with Gasteiger partial charge in [0.1, 0.15) is 5.75 Å². The Balaban J connectivity index is 0.00000256. The molecule has 0 aliphatic carbocycles. The van der Waals surface area contributed by atoms with Gasteiger partial charge < -0.3 is 10.5 Å². The smallest absolute Gasteiger partial charge is 0.121 e. The summed E-state index contributed by atoms with van der Waals surface area (Å²) >= 11 is 0. The zero-order valence-corrected chi connectivity index (χ0v) is 11.8. The molecule has 0 bridgehead atoms. The second kappa shape index (κ2) is 8.37. The van der Waals surface area contributed by atoms with Gasteiger partial charge in [-0.2, -0.15) is 0 Å². The number of halogens is 1. The maximum atomic E-state index is 6.16. The lowest BCUT2D eigenvalue weighted by Crippen LogP contribution is -2.10. The summed E-state index contributed by atoms with van der Waals surface area (Å²) in [7, 11) is 1.70. The molecule has 98 valence electrons. The molecule has 0 unspecified atom stereocenters. The van der Waals surface area contributed by atoms with Gasteiger partial charge in [0.2, 0.25) is 0 Å². The Hall–Kier alpha value is -0.730. The Morgan fingerprint density at radius 2 is 2.00 bits per heavy atom. The largest absolute Gasteiger partial charge is 0.496 e. The van der Waals surface area contributed by atoms with Crippen molar-refractivity contribution in [3.63, 3.8) is 0 Å². The molecular weight excluding hydrogens is 234 g/mol. The zero-order valence-electron chi connectivity index (χ0n) is 11.0. The predicted octanol–water partition coefficient (Wildman–Crippen LogP) is 4.01. The lowest BCUT2D eigenvalue weighted by Gasteiger charge is -2.14. The van der Waals surface area contributed by atoms with Crippen molar-refractivity contribution < 1.29 is 4.74 Å². The van der Waals surface area contributed by atoms with E-state index >= 15 is 0 Å². The van der Waals surface area contributed by atoms with E-state index in [0.29, 0.717) is 0 Å². The van der Waals surface area contributed by atoms with Crippen molar-refractivity contribution in [1.29, 1.82) is 0 Å². The summed E-state index contributed by atoms with van der Waals surface area (Å²) in [5, 5.41) is 0. The average molecular weight is 258 g/mol. The van der Waals surface area contributed by atoms with Crippen LogP contribution in [0.5, 0.6) is 5.75 Å². The van der Waals surface area contributed by atoms with E-state index in [-0.39, 0.29) is 18.4 Å². The lowest BCUT2D eigenvalue weighted by molar-refractivity contribution is 0.411. The number of hydrogen-bond donors (Lipinski definition) is 1. The monoisotopic (exact) mass is 257 g/mol. The first-order chi connectivity index (χ1) is 7.69. The SMILES string of the molecule is CCCCC[C@H](N)c1ccc(OC)c(C)c1.Cl. The maximum absolute atomic E-state index is 6.16. The van der Waals surface area contributed by atoms with Gasteiger partial charge in [-0.25, -0.2) is 0 Å². The third-order valence-electron chi connectivity index (χ3n) is 2.97. The minimum Gasteiger partial charge on any atom is -0.496 e. The number of aryl methyl sites for hydroxylation is 1. The molecule has 0 spiro atoms. The molecule has 0 aliphatic rings. The highest BCUT2D eigenvalue weighted by Crippen LogP contribution is 2.24. The third-order valence-corrected chi connectivity index (χ3v) is 2.97. The summed E-state index contributed by atoms with van der Waals surface area (Å²) in [6, 6.07) is 6.37. The summed E-state index contributed by atoms with van der Waals surface area (Å²) < 4.78 is 5.24. The second-order valence-electron chi connectivity index (χ2n) is 4.33. The van der Waals surface area contributed by atoms with E-state index in [2.05, 4.69) is 26.0 Å². The van der Waals surface area contributed by atoms with Gasteiger partial charge in [0.05, 0.1) is 7.11 Å². The van der Waals surface area contributed by atoms with Crippen LogP contribution in [0.3, 0.4) is 0 Å². The predicted molar refractivity (Wildman–Crippen MR) is 76.0 cm³/mol. The summed E-state index contributed by atoms with van der Waals surface area (Å²) in [6.07, 6.45) is 4.79. The highest BCUT2D eigenvalue weighted by atomic mass is 35.5. The Bertz CT molecular complexity index is 328. The quantitative estimate of drug-likeness (QED) is 0.782. The summed E-state index contributed by atoms with van der Waals surface area (Å²) in [4.78, 5) is 0. The molecule has 1 atom stereocenters. The van der Waals surface area contributed by atoms with Crippen molar-refractivity contribution in [2.45, 2.75) is 45.6 Å². The summed E-state index contributed by atoms with van der Waals surface area (Å²) in [5.74, 6) is 0.935. The molecule has 0 fully saturated rings. The molecule has 1 aromatic rings. The molecule has 0 aromatic heterocycles. The van der Waals surface area contributed by atoms with Gasteiger partial charge in [0, 0.05) is 6.04 Å². The van der Waals surface area contributed by atoms with Gasteiger partial charge in [-0.1, -0.05) is 38.3 Å². The maximum Gasteiger partial charge on any atom is 0.121 e. The molecule has 1 aromatic carbocycles. The molecule has 2 N–H and O–H groups in total. The minimum atomic E-state index is 0. The number of nitrogens with two attached hydrogens (primary N) is 1. The van der Waals surface area contributed by atoms with Crippen LogP contribution in [0.4, 0.5) is 0 Å². The molecule has 3 heteroatoms. The van der Waals surface area contributed by atoms with Crippen molar-refractivity contribution in [3.05, 3.63) is 29.3 Å². The highest BCUT2D eigenvalue weighted by molar-refractivity contribution is 5.85. The van der Waals surface area contributed by atoms with Crippen LogP contribution in [0.25, 0.3) is 0 Å². The van der Waals surface area contributed by atoms with E-state index in [0.717, 1.165) is 17.7 Å². The van der Waals surface area contributed by atoms with E-state index in [4.69, 9.17) is 10.5 Å². The van der Waals surface area contributed by atoms with Crippen molar-refractivity contribution >= 4 is 12.4 Å². The highest BCUT2D eigenvalue weighted by Gasteiger charge is 2.07. The third kappa shape index (κ3) is 4.97. The number of methoxy groups -OCH3 is 1. The number of unbranched alkanes of at least 4 members (excludes halogenated alkanes) is 2. The number of rotatable bonds is 6.